The van der Waals surface area contributed by atoms with E-state index in [9.17, 15) is 9.59 Å². The maximum Gasteiger partial charge on any atom is 0.308 e. The Morgan fingerprint density at radius 2 is 2.41 bits per heavy atom. The zero-order valence-electron chi connectivity index (χ0n) is 9.71. The van der Waals surface area contributed by atoms with Gasteiger partial charge in [-0.1, -0.05) is 0 Å². The van der Waals surface area contributed by atoms with E-state index in [1.54, 1.807) is 4.90 Å². The van der Waals surface area contributed by atoms with Gasteiger partial charge >= 0.3 is 5.97 Å². The molecule has 1 amide bonds. The highest BCUT2D eigenvalue weighted by Gasteiger charge is 2.37. The lowest BCUT2D eigenvalue weighted by Crippen LogP contribution is -2.29. The first kappa shape index (κ1) is 12.0. The Labute approximate surface area is 103 Å². The SMILES string of the molecule is Cc1nc(C(C)N2CC(C(=O)O)CC2=O)cs1. The number of likely N-dealkylation sites (tertiary alicyclic amines) is 1. The van der Waals surface area contributed by atoms with Gasteiger partial charge in [0, 0.05) is 18.3 Å². The fraction of sp³-hybridized carbons (Fsp3) is 0.545. The fourth-order valence-electron chi connectivity index (χ4n) is 2.00. The molecule has 2 heterocycles. The Morgan fingerprint density at radius 3 is 2.88 bits per heavy atom. The van der Waals surface area contributed by atoms with Gasteiger partial charge in [0.2, 0.25) is 5.91 Å². The summed E-state index contributed by atoms with van der Waals surface area (Å²) >= 11 is 1.53. The van der Waals surface area contributed by atoms with Gasteiger partial charge in [-0.2, -0.15) is 0 Å². The molecule has 2 rings (SSSR count). The van der Waals surface area contributed by atoms with Crippen molar-refractivity contribution in [3.63, 3.8) is 0 Å². The molecule has 0 bridgehead atoms. The van der Waals surface area contributed by atoms with E-state index in [0.717, 1.165) is 10.7 Å². The number of carbonyl (C=O) groups is 2. The summed E-state index contributed by atoms with van der Waals surface area (Å²) in [6.45, 7) is 4.08. The van der Waals surface area contributed by atoms with Crippen molar-refractivity contribution in [2.24, 2.45) is 5.92 Å². The summed E-state index contributed by atoms with van der Waals surface area (Å²) in [5, 5.41) is 11.8. The molecular formula is C11H14N2O3S. The summed E-state index contributed by atoms with van der Waals surface area (Å²) < 4.78 is 0. The van der Waals surface area contributed by atoms with Gasteiger partial charge in [-0.05, 0) is 13.8 Å². The maximum absolute atomic E-state index is 11.7. The van der Waals surface area contributed by atoms with Gasteiger partial charge in [0.15, 0.2) is 0 Å². The first-order chi connectivity index (χ1) is 7.99. The number of amides is 1. The summed E-state index contributed by atoms with van der Waals surface area (Å²) in [6, 6.07) is -0.142. The summed E-state index contributed by atoms with van der Waals surface area (Å²) in [5.74, 6) is -1.58. The minimum Gasteiger partial charge on any atom is -0.481 e. The molecule has 0 radical (unpaired) electrons. The molecule has 92 valence electrons. The summed E-state index contributed by atoms with van der Waals surface area (Å²) in [4.78, 5) is 28.6. The monoisotopic (exact) mass is 254 g/mol. The third-order valence-corrected chi connectivity index (χ3v) is 3.83. The van der Waals surface area contributed by atoms with E-state index in [4.69, 9.17) is 5.11 Å². The van der Waals surface area contributed by atoms with Crippen molar-refractivity contribution in [3.05, 3.63) is 16.1 Å². The van der Waals surface area contributed by atoms with Crippen molar-refractivity contribution in [2.45, 2.75) is 26.3 Å². The van der Waals surface area contributed by atoms with E-state index >= 15 is 0 Å². The average molecular weight is 254 g/mol. The smallest absolute Gasteiger partial charge is 0.308 e. The quantitative estimate of drug-likeness (QED) is 0.886. The van der Waals surface area contributed by atoms with Gasteiger partial charge in [0.25, 0.3) is 0 Å². The Hall–Kier alpha value is -1.43. The first-order valence-electron chi connectivity index (χ1n) is 5.43. The Morgan fingerprint density at radius 1 is 1.71 bits per heavy atom. The molecule has 1 aromatic heterocycles. The van der Waals surface area contributed by atoms with Crippen LogP contribution in [0.1, 0.15) is 30.1 Å². The van der Waals surface area contributed by atoms with Crippen molar-refractivity contribution >= 4 is 23.2 Å². The Bertz CT molecular complexity index is 457. The van der Waals surface area contributed by atoms with Gasteiger partial charge in [-0.3, -0.25) is 9.59 Å². The number of hydrogen-bond acceptors (Lipinski definition) is 4. The van der Waals surface area contributed by atoms with E-state index in [0.29, 0.717) is 0 Å². The molecule has 1 aliphatic rings. The standard InChI is InChI=1S/C11H14N2O3S/c1-6(9-5-17-7(2)12-9)13-4-8(11(15)16)3-10(13)14/h5-6,8H,3-4H2,1-2H3,(H,15,16). The Kier molecular flexibility index (Phi) is 3.15. The number of rotatable bonds is 3. The number of aliphatic carboxylic acids is 1. The van der Waals surface area contributed by atoms with Crippen molar-refractivity contribution < 1.29 is 14.7 Å². The predicted molar refractivity (Wildman–Crippen MR) is 62.7 cm³/mol. The number of aryl methyl sites for hydroxylation is 1. The number of hydrogen-bond donors (Lipinski definition) is 1. The van der Waals surface area contributed by atoms with Crippen LogP contribution in [0.2, 0.25) is 0 Å². The van der Waals surface area contributed by atoms with Crippen LogP contribution in [0.5, 0.6) is 0 Å². The summed E-state index contributed by atoms with van der Waals surface area (Å²) in [5.41, 5.74) is 0.840. The van der Waals surface area contributed by atoms with Crippen LogP contribution in [-0.4, -0.2) is 33.4 Å². The highest BCUT2D eigenvalue weighted by atomic mass is 32.1. The van der Waals surface area contributed by atoms with Gasteiger partial charge in [-0.25, -0.2) is 4.98 Å². The second-order valence-corrected chi connectivity index (χ2v) is 5.31. The topological polar surface area (TPSA) is 70.5 Å². The summed E-state index contributed by atoms with van der Waals surface area (Å²) in [6.07, 6.45) is 0.1000. The van der Waals surface area contributed by atoms with Crippen molar-refractivity contribution in [3.8, 4) is 0 Å². The maximum atomic E-state index is 11.7. The van der Waals surface area contributed by atoms with Gasteiger partial charge < -0.3 is 10.0 Å². The molecule has 1 aromatic rings. The zero-order valence-corrected chi connectivity index (χ0v) is 10.5. The second kappa shape index (κ2) is 4.44. The number of carbonyl (C=O) groups excluding carboxylic acids is 1. The van der Waals surface area contributed by atoms with Crippen LogP contribution in [-0.2, 0) is 9.59 Å². The number of thiazole rings is 1. The third kappa shape index (κ3) is 2.31. The third-order valence-electron chi connectivity index (χ3n) is 3.04. The molecule has 0 saturated carbocycles. The van der Waals surface area contributed by atoms with Gasteiger partial charge in [0.05, 0.1) is 22.7 Å². The Balaban J connectivity index is 2.13. The fourth-order valence-corrected chi connectivity index (χ4v) is 2.70. The summed E-state index contributed by atoms with van der Waals surface area (Å²) in [7, 11) is 0. The van der Waals surface area contributed by atoms with Crippen molar-refractivity contribution in [1.29, 1.82) is 0 Å². The zero-order chi connectivity index (χ0) is 12.6. The molecule has 1 N–H and O–H groups in total. The van der Waals surface area contributed by atoms with Crippen LogP contribution in [0, 0.1) is 12.8 Å². The predicted octanol–water partition coefficient (Wildman–Crippen LogP) is 1.45. The van der Waals surface area contributed by atoms with Crippen LogP contribution in [0.3, 0.4) is 0 Å². The second-order valence-electron chi connectivity index (χ2n) is 4.25. The molecule has 2 atom stereocenters. The van der Waals surface area contributed by atoms with Crippen LogP contribution >= 0.6 is 11.3 Å². The number of carboxylic acids is 1. The highest BCUT2D eigenvalue weighted by Crippen LogP contribution is 2.29. The lowest BCUT2D eigenvalue weighted by atomic mass is 10.1. The molecule has 0 aliphatic carbocycles. The average Bonchev–Trinajstić information content (AvgIpc) is 2.84. The molecule has 1 fully saturated rings. The molecule has 1 aliphatic heterocycles. The number of nitrogens with zero attached hydrogens (tertiary/aromatic N) is 2. The number of carboxylic acid groups (broad SMARTS) is 1. The molecule has 1 saturated heterocycles. The minimum atomic E-state index is -0.900. The molecule has 0 aromatic carbocycles. The van der Waals surface area contributed by atoms with Crippen LogP contribution < -0.4 is 0 Å². The lowest BCUT2D eigenvalue weighted by Gasteiger charge is -2.22. The largest absolute Gasteiger partial charge is 0.481 e. The highest BCUT2D eigenvalue weighted by molar-refractivity contribution is 7.09. The van der Waals surface area contributed by atoms with Crippen LogP contribution in [0.4, 0.5) is 0 Å². The molecular weight excluding hydrogens is 240 g/mol. The van der Waals surface area contributed by atoms with Crippen LogP contribution in [0.25, 0.3) is 0 Å². The molecule has 2 unspecified atom stereocenters. The lowest BCUT2D eigenvalue weighted by molar-refractivity contribution is -0.141. The van der Waals surface area contributed by atoms with Gasteiger partial charge in [0.1, 0.15) is 0 Å². The molecule has 5 nitrogen and oxygen atoms in total. The van der Waals surface area contributed by atoms with Gasteiger partial charge in [-0.15, -0.1) is 11.3 Å². The van der Waals surface area contributed by atoms with Crippen molar-refractivity contribution in [1.82, 2.24) is 9.88 Å². The number of aromatic nitrogens is 1. The van der Waals surface area contributed by atoms with E-state index in [1.807, 2.05) is 19.2 Å². The van der Waals surface area contributed by atoms with E-state index in [1.165, 1.54) is 11.3 Å². The minimum absolute atomic E-state index is 0.1000. The van der Waals surface area contributed by atoms with E-state index < -0.39 is 11.9 Å². The van der Waals surface area contributed by atoms with Crippen LogP contribution in [0.15, 0.2) is 5.38 Å². The van der Waals surface area contributed by atoms with E-state index in [-0.39, 0.29) is 24.9 Å². The molecule has 0 spiro atoms. The molecule has 6 heteroatoms. The first-order valence-corrected chi connectivity index (χ1v) is 6.31. The van der Waals surface area contributed by atoms with Crippen molar-refractivity contribution in [2.75, 3.05) is 6.54 Å². The molecule has 17 heavy (non-hydrogen) atoms. The normalized spacial score (nSPS) is 21.9. The van der Waals surface area contributed by atoms with E-state index in [2.05, 4.69) is 4.98 Å².